The Kier molecular flexibility index (Phi) is 4.99. The van der Waals surface area contributed by atoms with Crippen molar-refractivity contribution in [2.45, 2.75) is 38.8 Å². The molecule has 1 N–H and O–H groups in total. The molecule has 21 heavy (non-hydrogen) atoms. The van der Waals surface area contributed by atoms with Crippen molar-refractivity contribution in [1.82, 2.24) is 9.88 Å². The fourth-order valence-corrected chi connectivity index (χ4v) is 2.27. The molecule has 1 aliphatic heterocycles. The van der Waals surface area contributed by atoms with Gasteiger partial charge in [0, 0.05) is 19.1 Å². The maximum atomic E-state index is 11.8. The minimum Gasteiger partial charge on any atom is -0.447 e. The monoisotopic (exact) mass is 288 g/mol. The molecule has 0 atom stereocenters. The van der Waals surface area contributed by atoms with Gasteiger partial charge in [-0.2, -0.15) is 5.26 Å². The van der Waals surface area contributed by atoms with Gasteiger partial charge >= 0.3 is 6.09 Å². The third-order valence-electron chi connectivity index (χ3n) is 3.31. The number of carbonyl (C=O) groups is 1. The normalized spacial score (nSPS) is 15.6. The van der Waals surface area contributed by atoms with Crippen LogP contribution in [0.15, 0.2) is 18.2 Å². The summed E-state index contributed by atoms with van der Waals surface area (Å²) in [5, 5.41) is 12.2. The van der Waals surface area contributed by atoms with Gasteiger partial charge in [-0.15, -0.1) is 0 Å². The first-order valence-corrected chi connectivity index (χ1v) is 7.17. The predicted molar refractivity (Wildman–Crippen MR) is 78.8 cm³/mol. The molecule has 6 nitrogen and oxygen atoms in total. The molecule has 1 aromatic heterocycles. The summed E-state index contributed by atoms with van der Waals surface area (Å²) in [6.07, 6.45) is 1.34. The number of anilines is 1. The fourth-order valence-electron chi connectivity index (χ4n) is 2.27. The number of pyridine rings is 1. The Hall–Kier alpha value is -2.29. The largest absolute Gasteiger partial charge is 0.447 e. The van der Waals surface area contributed by atoms with Gasteiger partial charge in [0.1, 0.15) is 17.6 Å². The van der Waals surface area contributed by atoms with Crippen molar-refractivity contribution in [2.24, 2.45) is 0 Å². The topological polar surface area (TPSA) is 78.2 Å². The Labute approximate surface area is 124 Å². The van der Waals surface area contributed by atoms with Gasteiger partial charge in [0.05, 0.1) is 6.10 Å². The van der Waals surface area contributed by atoms with E-state index in [1.807, 2.05) is 32.0 Å². The number of piperidine rings is 1. The lowest BCUT2D eigenvalue weighted by atomic mass is 10.1. The lowest BCUT2D eigenvalue weighted by Crippen LogP contribution is -2.43. The van der Waals surface area contributed by atoms with Gasteiger partial charge in [0.2, 0.25) is 0 Å². The highest BCUT2D eigenvalue weighted by Crippen LogP contribution is 2.16. The van der Waals surface area contributed by atoms with Crippen LogP contribution in [-0.2, 0) is 4.74 Å². The Morgan fingerprint density at radius 2 is 2.19 bits per heavy atom. The molecule has 0 aromatic carbocycles. The second-order valence-corrected chi connectivity index (χ2v) is 5.36. The first kappa shape index (κ1) is 15.1. The van der Waals surface area contributed by atoms with Gasteiger partial charge in [0.25, 0.3) is 0 Å². The van der Waals surface area contributed by atoms with Crippen molar-refractivity contribution >= 4 is 11.9 Å². The van der Waals surface area contributed by atoms with Crippen LogP contribution >= 0.6 is 0 Å². The number of hydrogen-bond donors (Lipinski definition) is 1. The van der Waals surface area contributed by atoms with Crippen molar-refractivity contribution in [3.8, 4) is 6.07 Å². The first-order valence-electron chi connectivity index (χ1n) is 7.17. The van der Waals surface area contributed by atoms with E-state index >= 15 is 0 Å². The van der Waals surface area contributed by atoms with Crippen LogP contribution in [0.25, 0.3) is 0 Å². The predicted octanol–water partition coefficient (Wildman–Crippen LogP) is 2.37. The molecule has 0 unspecified atom stereocenters. The lowest BCUT2D eigenvalue weighted by molar-refractivity contribution is 0.0701. The molecule has 1 aliphatic rings. The van der Waals surface area contributed by atoms with Crippen molar-refractivity contribution in [3.63, 3.8) is 0 Å². The highest BCUT2D eigenvalue weighted by atomic mass is 16.6. The van der Waals surface area contributed by atoms with Crippen LogP contribution in [-0.4, -0.2) is 41.2 Å². The maximum absolute atomic E-state index is 11.8. The van der Waals surface area contributed by atoms with E-state index in [0.717, 1.165) is 12.8 Å². The van der Waals surface area contributed by atoms with Gasteiger partial charge in [-0.25, -0.2) is 9.78 Å². The van der Waals surface area contributed by atoms with Crippen LogP contribution in [0.4, 0.5) is 10.6 Å². The quantitative estimate of drug-likeness (QED) is 0.923. The van der Waals surface area contributed by atoms with E-state index in [1.165, 1.54) is 0 Å². The molecule has 1 saturated heterocycles. The average Bonchev–Trinajstić information content (AvgIpc) is 2.47. The number of rotatable bonds is 3. The number of nitriles is 1. The summed E-state index contributed by atoms with van der Waals surface area (Å²) in [7, 11) is 0. The standard InChI is InChI=1S/C15H20N4O2/c1-11(2)21-15(20)19-8-6-12(7-9-19)17-14-5-3-4-13(10-16)18-14/h3-5,11-12H,6-9H2,1-2H3,(H,17,18). The third kappa shape index (κ3) is 4.35. The maximum Gasteiger partial charge on any atom is 0.410 e. The van der Waals surface area contributed by atoms with Crippen molar-refractivity contribution in [3.05, 3.63) is 23.9 Å². The molecule has 0 radical (unpaired) electrons. The molecule has 1 amide bonds. The third-order valence-corrected chi connectivity index (χ3v) is 3.31. The lowest BCUT2D eigenvalue weighted by Gasteiger charge is -2.32. The fraction of sp³-hybridized carbons (Fsp3) is 0.533. The van der Waals surface area contributed by atoms with Crippen LogP contribution in [0, 0.1) is 11.3 Å². The second-order valence-electron chi connectivity index (χ2n) is 5.36. The molecule has 2 rings (SSSR count). The summed E-state index contributed by atoms with van der Waals surface area (Å²) in [4.78, 5) is 17.7. The van der Waals surface area contributed by atoms with Gasteiger partial charge in [0.15, 0.2) is 0 Å². The van der Waals surface area contributed by atoms with Gasteiger partial charge in [-0.05, 0) is 38.8 Å². The van der Waals surface area contributed by atoms with Gasteiger partial charge in [-0.1, -0.05) is 6.07 Å². The summed E-state index contributed by atoms with van der Waals surface area (Å²) < 4.78 is 5.19. The summed E-state index contributed by atoms with van der Waals surface area (Å²) in [5.74, 6) is 0.706. The number of nitrogens with zero attached hydrogens (tertiary/aromatic N) is 3. The van der Waals surface area contributed by atoms with E-state index in [1.54, 1.807) is 11.0 Å². The number of aromatic nitrogens is 1. The minimum absolute atomic E-state index is 0.0914. The Morgan fingerprint density at radius 1 is 1.48 bits per heavy atom. The van der Waals surface area contributed by atoms with E-state index in [9.17, 15) is 4.79 Å². The van der Waals surface area contributed by atoms with Crippen molar-refractivity contribution in [2.75, 3.05) is 18.4 Å². The second kappa shape index (κ2) is 6.93. The zero-order chi connectivity index (χ0) is 15.2. The summed E-state index contributed by atoms with van der Waals surface area (Å²) in [5.41, 5.74) is 0.401. The molecule has 2 heterocycles. The number of nitrogens with one attached hydrogen (secondary N) is 1. The van der Waals surface area contributed by atoms with Crippen LogP contribution in [0.1, 0.15) is 32.4 Å². The number of carbonyl (C=O) groups excluding carboxylic acids is 1. The van der Waals surface area contributed by atoms with E-state index in [2.05, 4.69) is 10.3 Å². The summed E-state index contributed by atoms with van der Waals surface area (Å²) >= 11 is 0. The Bertz CT molecular complexity index is 531. The van der Waals surface area contributed by atoms with Crippen molar-refractivity contribution < 1.29 is 9.53 Å². The Balaban J connectivity index is 1.84. The smallest absolute Gasteiger partial charge is 0.410 e. The van der Waals surface area contributed by atoms with E-state index in [4.69, 9.17) is 10.00 Å². The molecule has 0 bridgehead atoms. The number of hydrogen-bond acceptors (Lipinski definition) is 5. The highest BCUT2D eigenvalue weighted by Gasteiger charge is 2.24. The SMILES string of the molecule is CC(C)OC(=O)N1CCC(Nc2cccc(C#N)n2)CC1. The molecular weight excluding hydrogens is 268 g/mol. The molecule has 0 spiro atoms. The number of amides is 1. The van der Waals surface area contributed by atoms with Gasteiger partial charge in [-0.3, -0.25) is 0 Å². The molecule has 0 saturated carbocycles. The summed E-state index contributed by atoms with van der Waals surface area (Å²) in [6, 6.07) is 7.62. The molecule has 112 valence electrons. The molecule has 1 fully saturated rings. The zero-order valence-electron chi connectivity index (χ0n) is 12.4. The first-order chi connectivity index (χ1) is 10.1. The highest BCUT2D eigenvalue weighted by molar-refractivity contribution is 5.67. The number of likely N-dealkylation sites (tertiary alicyclic amines) is 1. The van der Waals surface area contributed by atoms with Crippen molar-refractivity contribution in [1.29, 1.82) is 5.26 Å². The van der Waals surface area contributed by atoms with Crippen LogP contribution in [0.3, 0.4) is 0 Å². The number of ether oxygens (including phenoxy) is 1. The van der Waals surface area contributed by atoms with E-state index in [0.29, 0.717) is 24.6 Å². The van der Waals surface area contributed by atoms with Crippen LogP contribution in [0.5, 0.6) is 0 Å². The van der Waals surface area contributed by atoms with E-state index < -0.39 is 0 Å². The van der Waals surface area contributed by atoms with Gasteiger partial charge < -0.3 is 15.0 Å². The zero-order valence-corrected chi connectivity index (χ0v) is 12.4. The molecule has 6 heteroatoms. The molecular formula is C15H20N4O2. The minimum atomic E-state index is -0.243. The molecule has 0 aliphatic carbocycles. The van der Waals surface area contributed by atoms with E-state index in [-0.39, 0.29) is 18.2 Å². The van der Waals surface area contributed by atoms with Crippen LogP contribution in [0.2, 0.25) is 0 Å². The van der Waals surface area contributed by atoms with Crippen LogP contribution < -0.4 is 5.32 Å². The Morgan fingerprint density at radius 3 is 2.81 bits per heavy atom. The average molecular weight is 288 g/mol. The molecule has 1 aromatic rings. The summed E-state index contributed by atoms with van der Waals surface area (Å²) in [6.45, 7) is 5.03.